The van der Waals surface area contributed by atoms with Crippen LogP contribution in [0, 0.1) is 17.0 Å². The van der Waals surface area contributed by atoms with Crippen molar-refractivity contribution in [2.45, 2.75) is 25.8 Å². The van der Waals surface area contributed by atoms with Gasteiger partial charge in [-0.2, -0.15) is 0 Å². The number of nitro benzene ring substituents is 1. The number of fused-ring (bicyclic) bond motifs is 1. The van der Waals surface area contributed by atoms with Gasteiger partial charge in [0.25, 0.3) is 5.69 Å². The van der Waals surface area contributed by atoms with Gasteiger partial charge in [-0.05, 0) is 37.0 Å². The average Bonchev–Trinajstić information content (AvgIpc) is 2.84. The fourth-order valence-electron chi connectivity index (χ4n) is 2.80. The van der Waals surface area contributed by atoms with Gasteiger partial charge in [0.15, 0.2) is 0 Å². The van der Waals surface area contributed by atoms with Crippen LogP contribution in [-0.4, -0.2) is 4.92 Å². The zero-order valence-electron chi connectivity index (χ0n) is 11.3. The Balaban J connectivity index is 1.86. The van der Waals surface area contributed by atoms with E-state index < -0.39 is 0 Å². The lowest BCUT2D eigenvalue weighted by Gasteiger charge is -2.15. The van der Waals surface area contributed by atoms with Crippen LogP contribution in [0.15, 0.2) is 42.5 Å². The molecule has 4 nitrogen and oxygen atoms in total. The minimum atomic E-state index is -0.330. The minimum Gasteiger partial charge on any atom is -0.378 e. The summed E-state index contributed by atoms with van der Waals surface area (Å²) in [6, 6.07) is 13.9. The lowest BCUT2D eigenvalue weighted by molar-refractivity contribution is -0.385. The van der Waals surface area contributed by atoms with Gasteiger partial charge in [-0.3, -0.25) is 10.1 Å². The van der Waals surface area contributed by atoms with Crippen molar-refractivity contribution in [3.8, 4) is 0 Å². The summed E-state index contributed by atoms with van der Waals surface area (Å²) in [5.74, 6) is 0. The van der Waals surface area contributed by atoms with E-state index in [9.17, 15) is 10.1 Å². The van der Waals surface area contributed by atoms with Crippen molar-refractivity contribution in [1.29, 1.82) is 0 Å². The van der Waals surface area contributed by atoms with Gasteiger partial charge in [-0.1, -0.05) is 30.3 Å². The Morgan fingerprint density at radius 2 is 2.05 bits per heavy atom. The number of hydrogen-bond donors (Lipinski definition) is 1. The first kappa shape index (κ1) is 12.7. The maximum Gasteiger partial charge on any atom is 0.274 e. The predicted molar refractivity (Wildman–Crippen MR) is 79.0 cm³/mol. The molecule has 0 heterocycles. The Hall–Kier alpha value is -2.36. The number of anilines is 1. The van der Waals surface area contributed by atoms with Gasteiger partial charge < -0.3 is 5.32 Å². The highest BCUT2D eigenvalue weighted by Gasteiger charge is 2.22. The van der Waals surface area contributed by atoms with Crippen molar-refractivity contribution in [2.24, 2.45) is 0 Å². The molecule has 1 atom stereocenters. The van der Waals surface area contributed by atoms with Crippen LogP contribution in [0.3, 0.4) is 0 Å². The van der Waals surface area contributed by atoms with Gasteiger partial charge in [-0.15, -0.1) is 0 Å². The molecule has 2 aromatic rings. The summed E-state index contributed by atoms with van der Waals surface area (Å²) in [5.41, 5.74) is 4.33. The molecule has 1 aliphatic rings. The minimum absolute atomic E-state index is 0.168. The first-order chi connectivity index (χ1) is 9.65. The monoisotopic (exact) mass is 268 g/mol. The van der Waals surface area contributed by atoms with E-state index >= 15 is 0 Å². The molecule has 0 saturated heterocycles. The molecule has 20 heavy (non-hydrogen) atoms. The SMILES string of the molecule is Cc1ccc(NC2CCc3ccccc32)cc1[N+](=O)[O-]. The molecule has 102 valence electrons. The predicted octanol–water partition coefficient (Wildman–Crippen LogP) is 4.00. The summed E-state index contributed by atoms with van der Waals surface area (Å²) in [7, 11) is 0. The summed E-state index contributed by atoms with van der Waals surface area (Å²) in [6.07, 6.45) is 2.09. The molecule has 1 unspecified atom stereocenters. The number of hydrogen-bond acceptors (Lipinski definition) is 3. The molecule has 0 amide bonds. The van der Waals surface area contributed by atoms with Crippen molar-refractivity contribution < 1.29 is 4.92 Å². The van der Waals surface area contributed by atoms with Crippen LogP contribution < -0.4 is 5.32 Å². The number of nitrogens with zero attached hydrogens (tertiary/aromatic N) is 1. The van der Waals surface area contributed by atoms with Gasteiger partial charge in [0.05, 0.1) is 11.0 Å². The fraction of sp³-hybridized carbons (Fsp3) is 0.250. The Bertz CT molecular complexity index is 667. The van der Waals surface area contributed by atoms with Gasteiger partial charge in [0.2, 0.25) is 0 Å². The van der Waals surface area contributed by atoms with Crippen LogP contribution in [0.2, 0.25) is 0 Å². The number of nitrogens with one attached hydrogen (secondary N) is 1. The summed E-state index contributed by atoms with van der Waals surface area (Å²) in [4.78, 5) is 10.7. The van der Waals surface area contributed by atoms with Crippen LogP contribution in [0.4, 0.5) is 11.4 Å². The van der Waals surface area contributed by atoms with E-state index in [1.807, 2.05) is 12.1 Å². The van der Waals surface area contributed by atoms with E-state index in [1.165, 1.54) is 11.1 Å². The molecule has 4 heteroatoms. The zero-order valence-corrected chi connectivity index (χ0v) is 11.3. The second-order valence-corrected chi connectivity index (χ2v) is 5.19. The van der Waals surface area contributed by atoms with Crippen molar-refractivity contribution in [3.05, 3.63) is 69.3 Å². The third-order valence-electron chi connectivity index (χ3n) is 3.88. The van der Waals surface area contributed by atoms with E-state index in [0.29, 0.717) is 5.56 Å². The first-order valence-corrected chi connectivity index (χ1v) is 6.74. The molecule has 0 saturated carbocycles. The molecule has 1 aliphatic carbocycles. The van der Waals surface area contributed by atoms with E-state index in [1.54, 1.807) is 19.1 Å². The highest BCUT2D eigenvalue weighted by molar-refractivity contribution is 5.56. The largest absolute Gasteiger partial charge is 0.378 e. The van der Waals surface area contributed by atoms with E-state index in [4.69, 9.17) is 0 Å². The van der Waals surface area contributed by atoms with Crippen molar-refractivity contribution in [3.63, 3.8) is 0 Å². The van der Waals surface area contributed by atoms with Gasteiger partial charge in [0.1, 0.15) is 0 Å². The molecule has 3 rings (SSSR count). The number of nitro groups is 1. The molecule has 0 spiro atoms. The van der Waals surface area contributed by atoms with Crippen molar-refractivity contribution in [1.82, 2.24) is 0 Å². The fourth-order valence-corrected chi connectivity index (χ4v) is 2.80. The molecule has 1 N–H and O–H groups in total. The molecule has 2 aromatic carbocycles. The molecule has 0 fully saturated rings. The quantitative estimate of drug-likeness (QED) is 0.676. The third kappa shape index (κ3) is 2.25. The van der Waals surface area contributed by atoms with Gasteiger partial charge in [0, 0.05) is 17.3 Å². The normalized spacial score (nSPS) is 16.8. The first-order valence-electron chi connectivity index (χ1n) is 6.74. The highest BCUT2D eigenvalue weighted by atomic mass is 16.6. The summed E-state index contributed by atoms with van der Waals surface area (Å²) in [5, 5.41) is 14.4. The van der Waals surface area contributed by atoms with Gasteiger partial charge in [-0.25, -0.2) is 0 Å². The lowest BCUT2D eigenvalue weighted by Crippen LogP contribution is -2.07. The Kier molecular flexibility index (Phi) is 3.14. The Labute approximate surface area is 117 Å². The van der Waals surface area contributed by atoms with Gasteiger partial charge >= 0.3 is 0 Å². The average molecular weight is 268 g/mol. The van der Waals surface area contributed by atoms with E-state index in [-0.39, 0.29) is 16.7 Å². The second kappa shape index (κ2) is 4.96. The number of benzene rings is 2. The number of rotatable bonds is 3. The molecule has 0 bridgehead atoms. The summed E-state index contributed by atoms with van der Waals surface area (Å²) < 4.78 is 0. The number of aryl methyl sites for hydroxylation is 2. The summed E-state index contributed by atoms with van der Waals surface area (Å²) >= 11 is 0. The van der Waals surface area contributed by atoms with Crippen LogP contribution in [0.1, 0.15) is 29.2 Å². The van der Waals surface area contributed by atoms with Crippen LogP contribution in [0.5, 0.6) is 0 Å². The third-order valence-corrected chi connectivity index (χ3v) is 3.88. The smallest absolute Gasteiger partial charge is 0.274 e. The standard InChI is InChI=1S/C16H16N2O2/c1-11-6-8-13(10-16(11)18(19)20)17-15-9-7-12-4-2-3-5-14(12)15/h2-6,8,10,15,17H,7,9H2,1H3. The molecule has 0 aliphatic heterocycles. The van der Waals surface area contributed by atoms with Crippen molar-refractivity contribution in [2.75, 3.05) is 5.32 Å². The van der Waals surface area contributed by atoms with Crippen LogP contribution in [-0.2, 0) is 6.42 Å². The molecular weight excluding hydrogens is 252 g/mol. The highest BCUT2D eigenvalue weighted by Crippen LogP contribution is 2.34. The summed E-state index contributed by atoms with van der Waals surface area (Å²) in [6.45, 7) is 1.76. The second-order valence-electron chi connectivity index (χ2n) is 5.19. The Morgan fingerprint density at radius 1 is 1.25 bits per heavy atom. The van der Waals surface area contributed by atoms with E-state index in [0.717, 1.165) is 18.5 Å². The topological polar surface area (TPSA) is 55.2 Å². The van der Waals surface area contributed by atoms with Crippen LogP contribution in [0.25, 0.3) is 0 Å². The van der Waals surface area contributed by atoms with Crippen LogP contribution >= 0.6 is 0 Å². The maximum absolute atomic E-state index is 11.0. The zero-order chi connectivity index (χ0) is 14.1. The van der Waals surface area contributed by atoms with Crippen molar-refractivity contribution >= 4 is 11.4 Å². The lowest BCUT2D eigenvalue weighted by atomic mass is 10.1. The molecule has 0 radical (unpaired) electrons. The van der Waals surface area contributed by atoms with E-state index in [2.05, 4.69) is 23.5 Å². The molecule has 0 aromatic heterocycles. The molecular formula is C16H16N2O2. The maximum atomic E-state index is 11.0. The Morgan fingerprint density at radius 3 is 2.85 bits per heavy atom.